The molecule has 0 bridgehead atoms. The highest BCUT2D eigenvalue weighted by atomic mass is 32.1. The fourth-order valence-electron chi connectivity index (χ4n) is 0.926. The van der Waals surface area contributed by atoms with Gasteiger partial charge in [0.05, 0.1) is 23.8 Å². The minimum atomic E-state index is -0.790. The number of nitrogens with zero attached hydrogens (tertiary/aromatic N) is 2. The number of rotatable bonds is 4. The number of amides is 2. The van der Waals surface area contributed by atoms with Crippen LogP contribution in [-0.4, -0.2) is 33.5 Å². The SMILES string of the molecule is NC(=S)CNC(=O)C(=O)NCc1cccnn1. The highest BCUT2D eigenvalue weighted by molar-refractivity contribution is 7.80. The molecule has 0 saturated heterocycles. The molecule has 90 valence electrons. The van der Waals surface area contributed by atoms with E-state index in [1.165, 1.54) is 6.20 Å². The van der Waals surface area contributed by atoms with Gasteiger partial charge < -0.3 is 16.4 Å². The molecule has 8 heteroatoms. The van der Waals surface area contributed by atoms with E-state index in [0.29, 0.717) is 5.69 Å². The molecule has 0 aromatic carbocycles. The van der Waals surface area contributed by atoms with Gasteiger partial charge in [-0.2, -0.15) is 10.2 Å². The molecule has 0 radical (unpaired) electrons. The molecule has 17 heavy (non-hydrogen) atoms. The van der Waals surface area contributed by atoms with Crippen molar-refractivity contribution < 1.29 is 9.59 Å². The van der Waals surface area contributed by atoms with Gasteiger partial charge in [0.15, 0.2) is 0 Å². The standard InChI is InChI=1S/C9H11N5O2S/c10-7(17)5-12-9(16)8(15)11-4-6-2-1-3-13-14-6/h1-3H,4-5H2,(H2,10,17)(H,11,15)(H,12,16). The summed E-state index contributed by atoms with van der Waals surface area (Å²) in [5, 5.41) is 12.0. The van der Waals surface area contributed by atoms with Gasteiger partial charge in [-0.1, -0.05) is 12.2 Å². The Labute approximate surface area is 103 Å². The first kappa shape index (κ1) is 13.0. The maximum absolute atomic E-state index is 11.3. The van der Waals surface area contributed by atoms with Crippen LogP contribution in [-0.2, 0) is 16.1 Å². The molecule has 0 atom stereocenters. The van der Waals surface area contributed by atoms with Crippen LogP contribution in [0.25, 0.3) is 0 Å². The van der Waals surface area contributed by atoms with Gasteiger partial charge in [0.25, 0.3) is 0 Å². The number of hydrogen-bond acceptors (Lipinski definition) is 5. The first-order valence-electron chi connectivity index (χ1n) is 4.70. The molecule has 1 rings (SSSR count). The van der Waals surface area contributed by atoms with Crippen LogP contribution in [0.5, 0.6) is 0 Å². The van der Waals surface area contributed by atoms with Crippen molar-refractivity contribution in [3.8, 4) is 0 Å². The van der Waals surface area contributed by atoms with Gasteiger partial charge in [-0.3, -0.25) is 9.59 Å². The summed E-state index contributed by atoms with van der Waals surface area (Å²) in [4.78, 5) is 22.6. The third-order valence-corrected chi connectivity index (χ3v) is 1.83. The van der Waals surface area contributed by atoms with E-state index in [1.807, 2.05) is 0 Å². The maximum atomic E-state index is 11.3. The lowest BCUT2D eigenvalue weighted by Crippen LogP contribution is -2.42. The van der Waals surface area contributed by atoms with Crippen molar-refractivity contribution in [1.29, 1.82) is 0 Å². The minimum absolute atomic E-state index is 0.00721. The van der Waals surface area contributed by atoms with Crippen LogP contribution in [0.1, 0.15) is 5.69 Å². The average molecular weight is 253 g/mol. The topological polar surface area (TPSA) is 110 Å². The zero-order valence-electron chi connectivity index (χ0n) is 8.84. The van der Waals surface area contributed by atoms with Gasteiger partial charge in [-0.15, -0.1) is 0 Å². The van der Waals surface area contributed by atoms with Crippen LogP contribution >= 0.6 is 12.2 Å². The molecular formula is C9H11N5O2S. The van der Waals surface area contributed by atoms with Gasteiger partial charge in [0, 0.05) is 6.20 Å². The van der Waals surface area contributed by atoms with E-state index in [4.69, 9.17) is 5.73 Å². The fraction of sp³-hybridized carbons (Fsp3) is 0.222. The summed E-state index contributed by atoms with van der Waals surface area (Å²) in [5.41, 5.74) is 5.73. The van der Waals surface area contributed by atoms with Crippen molar-refractivity contribution in [3.63, 3.8) is 0 Å². The minimum Gasteiger partial charge on any atom is -0.392 e. The zero-order valence-corrected chi connectivity index (χ0v) is 9.66. The number of nitrogens with two attached hydrogens (primary N) is 1. The average Bonchev–Trinajstić information content (AvgIpc) is 2.34. The summed E-state index contributed by atoms with van der Waals surface area (Å²) >= 11 is 4.55. The molecule has 0 aliphatic rings. The molecule has 1 aromatic heterocycles. The van der Waals surface area contributed by atoms with Gasteiger partial charge in [0.1, 0.15) is 0 Å². The zero-order chi connectivity index (χ0) is 12.7. The van der Waals surface area contributed by atoms with Crippen LogP contribution < -0.4 is 16.4 Å². The van der Waals surface area contributed by atoms with E-state index in [-0.39, 0.29) is 18.1 Å². The molecule has 2 amide bonds. The Morgan fingerprint density at radius 1 is 1.35 bits per heavy atom. The van der Waals surface area contributed by atoms with Gasteiger partial charge in [-0.25, -0.2) is 0 Å². The molecule has 0 aliphatic carbocycles. The third-order valence-electron chi connectivity index (χ3n) is 1.69. The van der Waals surface area contributed by atoms with E-state index in [1.54, 1.807) is 12.1 Å². The second-order valence-electron chi connectivity index (χ2n) is 3.05. The van der Waals surface area contributed by atoms with E-state index >= 15 is 0 Å². The predicted molar refractivity (Wildman–Crippen MR) is 63.7 cm³/mol. The predicted octanol–water partition coefficient (Wildman–Crippen LogP) is -1.50. The van der Waals surface area contributed by atoms with Crippen LogP contribution in [0.2, 0.25) is 0 Å². The molecule has 0 saturated carbocycles. The largest absolute Gasteiger partial charge is 0.392 e. The van der Waals surface area contributed by atoms with Crippen LogP contribution in [0, 0.1) is 0 Å². The quantitative estimate of drug-likeness (QED) is 0.445. The monoisotopic (exact) mass is 253 g/mol. The van der Waals surface area contributed by atoms with E-state index in [2.05, 4.69) is 33.0 Å². The molecule has 4 N–H and O–H groups in total. The lowest BCUT2D eigenvalue weighted by molar-refractivity contribution is -0.139. The van der Waals surface area contributed by atoms with Crippen molar-refractivity contribution in [3.05, 3.63) is 24.0 Å². The summed E-state index contributed by atoms with van der Waals surface area (Å²) in [5.74, 6) is -1.56. The van der Waals surface area contributed by atoms with Crippen molar-refractivity contribution in [2.75, 3.05) is 6.54 Å². The van der Waals surface area contributed by atoms with Gasteiger partial charge in [-0.05, 0) is 12.1 Å². The molecular weight excluding hydrogens is 242 g/mol. The Balaban J connectivity index is 2.34. The lowest BCUT2D eigenvalue weighted by Gasteiger charge is -2.04. The smallest absolute Gasteiger partial charge is 0.309 e. The van der Waals surface area contributed by atoms with Crippen LogP contribution in [0.4, 0.5) is 0 Å². The Hall–Kier alpha value is -2.09. The van der Waals surface area contributed by atoms with Gasteiger partial charge >= 0.3 is 11.8 Å². The molecule has 1 heterocycles. The molecule has 0 aliphatic heterocycles. The third kappa shape index (κ3) is 4.98. The summed E-state index contributed by atoms with van der Waals surface area (Å²) in [7, 11) is 0. The summed E-state index contributed by atoms with van der Waals surface area (Å²) in [6.07, 6.45) is 1.51. The normalized spacial score (nSPS) is 9.41. The highest BCUT2D eigenvalue weighted by Crippen LogP contribution is 1.89. The van der Waals surface area contributed by atoms with Crippen molar-refractivity contribution in [2.24, 2.45) is 5.73 Å². The number of nitrogens with one attached hydrogen (secondary N) is 2. The maximum Gasteiger partial charge on any atom is 0.309 e. The second kappa shape index (κ2) is 6.48. The highest BCUT2D eigenvalue weighted by Gasteiger charge is 2.12. The molecule has 0 unspecified atom stereocenters. The molecule has 1 aromatic rings. The number of hydrogen-bond donors (Lipinski definition) is 3. The molecule has 7 nitrogen and oxygen atoms in total. The van der Waals surface area contributed by atoms with Crippen LogP contribution in [0.15, 0.2) is 18.3 Å². The molecule has 0 spiro atoms. The molecule has 0 fully saturated rings. The van der Waals surface area contributed by atoms with E-state index in [9.17, 15) is 9.59 Å². The Morgan fingerprint density at radius 2 is 2.06 bits per heavy atom. The Kier molecular flexibility index (Phi) is 4.95. The first-order chi connectivity index (χ1) is 8.09. The van der Waals surface area contributed by atoms with Gasteiger partial charge in [0.2, 0.25) is 0 Å². The van der Waals surface area contributed by atoms with E-state index < -0.39 is 11.8 Å². The number of carbonyl (C=O) groups is 2. The van der Waals surface area contributed by atoms with Crippen LogP contribution in [0.3, 0.4) is 0 Å². The summed E-state index contributed by atoms with van der Waals surface area (Å²) < 4.78 is 0. The lowest BCUT2D eigenvalue weighted by atomic mass is 10.4. The first-order valence-corrected chi connectivity index (χ1v) is 5.11. The number of aromatic nitrogens is 2. The summed E-state index contributed by atoms with van der Waals surface area (Å²) in [6, 6.07) is 3.36. The number of thiocarbonyl (C=S) groups is 1. The Bertz CT molecular complexity index is 423. The second-order valence-corrected chi connectivity index (χ2v) is 3.57. The van der Waals surface area contributed by atoms with Crippen molar-refractivity contribution in [2.45, 2.75) is 6.54 Å². The van der Waals surface area contributed by atoms with Crippen molar-refractivity contribution in [1.82, 2.24) is 20.8 Å². The summed E-state index contributed by atoms with van der Waals surface area (Å²) in [6.45, 7) is 0.125. The Morgan fingerprint density at radius 3 is 2.65 bits per heavy atom. The van der Waals surface area contributed by atoms with Crippen molar-refractivity contribution >= 4 is 29.0 Å². The fourth-order valence-corrected chi connectivity index (χ4v) is 0.999. The number of carbonyl (C=O) groups excluding carboxylic acids is 2. The van der Waals surface area contributed by atoms with E-state index in [0.717, 1.165) is 0 Å².